The number of nitrogen functional groups attached to an aromatic ring is 1. The number of aromatic nitrogens is 1. The molecule has 3 rings (SSSR count). The molecule has 2 heterocycles. The van der Waals surface area contributed by atoms with Crippen molar-refractivity contribution in [3.05, 3.63) is 54.1 Å². The van der Waals surface area contributed by atoms with Gasteiger partial charge in [0.2, 0.25) is 5.91 Å². The number of piperidine rings is 1. The Morgan fingerprint density at radius 2 is 1.96 bits per heavy atom. The molecule has 1 amide bonds. The summed E-state index contributed by atoms with van der Waals surface area (Å²) in [6.07, 6.45) is 1.33. The average Bonchev–Trinajstić information content (AvgIpc) is 2.56. The average molecular weight is 329 g/mol. The number of hydrogen-bond donors (Lipinski definition) is 2. The van der Waals surface area contributed by atoms with Crippen LogP contribution in [0, 0.1) is 11.7 Å². The van der Waals surface area contributed by atoms with Crippen molar-refractivity contribution in [2.24, 2.45) is 5.92 Å². The van der Waals surface area contributed by atoms with E-state index in [1.165, 1.54) is 35.4 Å². The summed E-state index contributed by atoms with van der Waals surface area (Å²) in [5, 5.41) is 9.46. The third kappa shape index (κ3) is 3.05. The molecule has 2 unspecified atom stereocenters. The SMILES string of the molecule is Nc1ccc(C2CN(c3ccc(F)cc3)C(=O)CC2C(=O)O)nc1. The van der Waals surface area contributed by atoms with Gasteiger partial charge in [-0.1, -0.05) is 0 Å². The number of hydrogen-bond acceptors (Lipinski definition) is 4. The van der Waals surface area contributed by atoms with E-state index in [0.717, 1.165) is 0 Å². The Balaban J connectivity index is 1.94. The maximum absolute atomic E-state index is 13.1. The number of carboxylic acid groups (broad SMARTS) is 1. The molecule has 6 nitrogen and oxygen atoms in total. The fraction of sp³-hybridized carbons (Fsp3) is 0.235. The zero-order valence-electron chi connectivity index (χ0n) is 12.7. The molecule has 2 atom stereocenters. The van der Waals surface area contributed by atoms with Crippen molar-refractivity contribution >= 4 is 23.3 Å². The summed E-state index contributed by atoms with van der Waals surface area (Å²) < 4.78 is 13.1. The van der Waals surface area contributed by atoms with E-state index in [1.54, 1.807) is 12.1 Å². The lowest BCUT2D eigenvalue weighted by Crippen LogP contribution is -2.46. The number of pyridine rings is 1. The van der Waals surface area contributed by atoms with Crippen molar-refractivity contribution in [1.82, 2.24) is 4.98 Å². The van der Waals surface area contributed by atoms with Crippen molar-refractivity contribution in [1.29, 1.82) is 0 Å². The van der Waals surface area contributed by atoms with Crippen LogP contribution in [0.4, 0.5) is 15.8 Å². The van der Waals surface area contributed by atoms with Crippen molar-refractivity contribution in [3.63, 3.8) is 0 Å². The van der Waals surface area contributed by atoms with Gasteiger partial charge in [0.15, 0.2) is 0 Å². The zero-order valence-corrected chi connectivity index (χ0v) is 12.7. The fourth-order valence-electron chi connectivity index (χ4n) is 2.93. The molecule has 24 heavy (non-hydrogen) atoms. The highest BCUT2D eigenvalue weighted by molar-refractivity contribution is 5.97. The van der Waals surface area contributed by atoms with E-state index in [1.807, 2.05) is 0 Å². The Labute approximate surface area is 137 Å². The molecule has 0 aliphatic carbocycles. The second-order valence-corrected chi connectivity index (χ2v) is 5.75. The number of halogens is 1. The largest absolute Gasteiger partial charge is 0.481 e. The topological polar surface area (TPSA) is 96.5 Å². The fourth-order valence-corrected chi connectivity index (χ4v) is 2.93. The number of nitrogens with two attached hydrogens (primary N) is 1. The molecule has 1 aromatic heterocycles. The predicted molar refractivity (Wildman–Crippen MR) is 85.9 cm³/mol. The summed E-state index contributed by atoms with van der Waals surface area (Å²) in [6.45, 7) is 0.165. The Kier molecular flexibility index (Phi) is 4.16. The molecule has 0 spiro atoms. The Bertz CT molecular complexity index is 762. The third-order valence-corrected chi connectivity index (χ3v) is 4.21. The number of carbonyl (C=O) groups excluding carboxylic acids is 1. The summed E-state index contributed by atoms with van der Waals surface area (Å²) in [6, 6.07) is 8.86. The summed E-state index contributed by atoms with van der Waals surface area (Å²) in [4.78, 5) is 29.6. The van der Waals surface area contributed by atoms with Gasteiger partial charge < -0.3 is 15.7 Å². The van der Waals surface area contributed by atoms with Crippen LogP contribution in [0.15, 0.2) is 42.6 Å². The van der Waals surface area contributed by atoms with Gasteiger partial charge in [-0.15, -0.1) is 0 Å². The molecule has 2 aromatic rings. The van der Waals surface area contributed by atoms with Crippen molar-refractivity contribution in [3.8, 4) is 0 Å². The van der Waals surface area contributed by atoms with Crippen LogP contribution in [-0.4, -0.2) is 28.5 Å². The summed E-state index contributed by atoms with van der Waals surface area (Å²) >= 11 is 0. The van der Waals surface area contributed by atoms with Crippen LogP contribution >= 0.6 is 0 Å². The maximum Gasteiger partial charge on any atom is 0.307 e. The lowest BCUT2D eigenvalue weighted by Gasteiger charge is -2.36. The standard InChI is InChI=1S/C17H16FN3O3/c18-10-1-4-12(5-2-10)21-9-14(13(17(23)24)7-16(21)22)15-6-3-11(19)8-20-15/h1-6,8,13-14H,7,9,19H2,(H,23,24). The molecular formula is C17H16FN3O3. The number of carboxylic acids is 1. The van der Waals surface area contributed by atoms with Crippen molar-refractivity contribution in [2.75, 3.05) is 17.2 Å². The first kappa shape index (κ1) is 15.9. The van der Waals surface area contributed by atoms with E-state index in [4.69, 9.17) is 5.73 Å². The third-order valence-electron chi connectivity index (χ3n) is 4.21. The van der Waals surface area contributed by atoms with Crippen molar-refractivity contribution < 1.29 is 19.1 Å². The van der Waals surface area contributed by atoms with E-state index in [9.17, 15) is 19.1 Å². The first-order valence-electron chi connectivity index (χ1n) is 7.46. The minimum atomic E-state index is -1.04. The first-order chi connectivity index (χ1) is 11.5. The van der Waals surface area contributed by atoms with Gasteiger partial charge in [0, 0.05) is 30.3 Å². The molecule has 1 aliphatic rings. The molecule has 0 radical (unpaired) electrons. The summed E-state index contributed by atoms with van der Waals surface area (Å²) in [5.74, 6) is -3.06. The quantitative estimate of drug-likeness (QED) is 0.898. The summed E-state index contributed by atoms with van der Waals surface area (Å²) in [5.41, 5.74) is 7.20. The van der Waals surface area contributed by atoms with E-state index < -0.39 is 23.6 Å². The second kappa shape index (κ2) is 6.27. The minimum absolute atomic E-state index is 0.135. The van der Waals surface area contributed by atoms with Gasteiger partial charge in [0.05, 0.1) is 17.8 Å². The van der Waals surface area contributed by atoms with Gasteiger partial charge in [0.1, 0.15) is 5.82 Å². The van der Waals surface area contributed by atoms with Crippen LogP contribution in [-0.2, 0) is 9.59 Å². The second-order valence-electron chi connectivity index (χ2n) is 5.75. The molecule has 1 aromatic carbocycles. The van der Waals surface area contributed by atoms with E-state index in [0.29, 0.717) is 17.1 Å². The first-order valence-corrected chi connectivity index (χ1v) is 7.46. The van der Waals surface area contributed by atoms with Gasteiger partial charge in [-0.3, -0.25) is 14.6 Å². The Hall–Kier alpha value is -2.96. The number of amides is 1. The van der Waals surface area contributed by atoms with Crippen LogP contribution in [0.3, 0.4) is 0 Å². The smallest absolute Gasteiger partial charge is 0.307 e. The highest BCUT2D eigenvalue weighted by Gasteiger charge is 2.40. The monoisotopic (exact) mass is 329 g/mol. The molecule has 0 saturated carbocycles. The number of carbonyl (C=O) groups is 2. The zero-order chi connectivity index (χ0) is 17.3. The highest BCUT2D eigenvalue weighted by Crippen LogP contribution is 2.35. The highest BCUT2D eigenvalue weighted by atomic mass is 19.1. The summed E-state index contributed by atoms with van der Waals surface area (Å²) in [7, 11) is 0. The maximum atomic E-state index is 13.1. The van der Waals surface area contributed by atoms with E-state index in [-0.39, 0.29) is 18.9 Å². The van der Waals surface area contributed by atoms with Crippen molar-refractivity contribution in [2.45, 2.75) is 12.3 Å². The molecule has 1 saturated heterocycles. The Morgan fingerprint density at radius 1 is 1.25 bits per heavy atom. The van der Waals surface area contributed by atoms with Gasteiger partial charge in [-0.2, -0.15) is 0 Å². The molecule has 124 valence electrons. The normalized spacial score (nSPS) is 20.9. The number of rotatable bonds is 3. The van der Waals surface area contributed by atoms with Gasteiger partial charge in [-0.05, 0) is 36.4 Å². The molecule has 7 heteroatoms. The predicted octanol–water partition coefficient (Wildman–Crippen LogP) is 2.02. The number of benzene rings is 1. The molecule has 1 aliphatic heterocycles. The van der Waals surface area contributed by atoms with Crippen LogP contribution < -0.4 is 10.6 Å². The lowest BCUT2D eigenvalue weighted by atomic mass is 9.82. The molecule has 1 fully saturated rings. The Morgan fingerprint density at radius 3 is 2.54 bits per heavy atom. The van der Waals surface area contributed by atoms with Crippen LogP contribution in [0.1, 0.15) is 18.0 Å². The molecular weight excluding hydrogens is 313 g/mol. The molecule has 0 bridgehead atoms. The van der Waals surface area contributed by atoms with E-state index in [2.05, 4.69) is 4.98 Å². The van der Waals surface area contributed by atoms with Gasteiger partial charge in [-0.25, -0.2) is 4.39 Å². The van der Waals surface area contributed by atoms with Crippen LogP contribution in [0.5, 0.6) is 0 Å². The van der Waals surface area contributed by atoms with Gasteiger partial charge in [0.25, 0.3) is 0 Å². The van der Waals surface area contributed by atoms with Gasteiger partial charge >= 0.3 is 5.97 Å². The van der Waals surface area contributed by atoms with E-state index >= 15 is 0 Å². The lowest BCUT2D eigenvalue weighted by molar-refractivity contribution is -0.145. The minimum Gasteiger partial charge on any atom is -0.481 e. The number of aliphatic carboxylic acids is 1. The van der Waals surface area contributed by atoms with Crippen LogP contribution in [0.2, 0.25) is 0 Å². The number of nitrogens with zero attached hydrogens (tertiary/aromatic N) is 2. The van der Waals surface area contributed by atoms with Crippen LogP contribution in [0.25, 0.3) is 0 Å². The number of anilines is 2. The molecule has 3 N–H and O–H groups in total.